The number of nitrogens with two attached hydrogens (primary N) is 1. The summed E-state index contributed by atoms with van der Waals surface area (Å²) in [6.45, 7) is 2.15. The molecule has 2 N–H and O–H groups in total. The van der Waals surface area contributed by atoms with E-state index in [1.807, 2.05) is 19.1 Å². The molecule has 4 aromatic rings. The van der Waals surface area contributed by atoms with Gasteiger partial charge in [0.2, 0.25) is 0 Å². The molecule has 1 aliphatic carbocycles. The van der Waals surface area contributed by atoms with Crippen LogP contribution in [0.2, 0.25) is 0 Å². The minimum atomic E-state index is -0.392. The lowest BCUT2D eigenvalue weighted by atomic mass is 10.0. The zero-order valence-electron chi connectivity index (χ0n) is 18.8. The molecule has 1 atom stereocenters. The number of fused-ring (bicyclic) bond motifs is 3. The second kappa shape index (κ2) is 8.87. The predicted octanol–water partition coefficient (Wildman–Crippen LogP) is 3.77. The first-order valence-electron chi connectivity index (χ1n) is 11.2. The summed E-state index contributed by atoms with van der Waals surface area (Å²) in [5.41, 5.74) is 11.0. The number of benzene rings is 1. The van der Waals surface area contributed by atoms with Gasteiger partial charge in [0, 0.05) is 29.5 Å². The molecule has 8 nitrogen and oxygen atoms in total. The van der Waals surface area contributed by atoms with Crippen molar-refractivity contribution < 1.29 is 4.79 Å². The monoisotopic (exact) mass is 449 g/mol. The van der Waals surface area contributed by atoms with Crippen LogP contribution in [-0.2, 0) is 19.4 Å². The Bertz CT molecular complexity index is 1410. The van der Waals surface area contributed by atoms with Crippen LogP contribution in [0.25, 0.3) is 10.9 Å². The zero-order chi connectivity index (χ0) is 23.7. The molecule has 0 aliphatic heterocycles. The molecule has 0 fully saturated rings. The molecule has 168 valence electrons. The molecule has 0 saturated carbocycles. The van der Waals surface area contributed by atoms with Gasteiger partial charge in [0.05, 0.1) is 29.4 Å². The minimum Gasteiger partial charge on any atom is -0.383 e. The largest absolute Gasteiger partial charge is 0.383 e. The van der Waals surface area contributed by atoms with Gasteiger partial charge >= 0.3 is 0 Å². The first-order valence-corrected chi connectivity index (χ1v) is 11.2. The van der Waals surface area contributed by atoms with E-state index in [0.717, 1.165) is 35.7 Å². The Labute approximate surface area is 197 Å². The lowest BCUT2D eigenvalue weighted by molar-refractivity contribution is 0.0663. The number of carbonyl (C=O) groups is 1. The molecule has 0 radical (unpaired) electrons. The number of hydrogen-bond acceptors (Lipinski definition) is 7. The molecule has 1 aliphatic rings. The second-order valence-electron chi connectivity index (χ2n) is 8.41. The first kappa shape index (κ1) is 21.5. The number of amides is 1. The molecule has 0 unspecified atom stereocenters. The number of pyridine rings is 2. The van der Waals surface area contributed by atoms with Crippen molar-refractivity contribution in [3.05, 3.63) is 88.8 Å². The number of anilines is 1. The van der Waals surface area contributed by atoms with Crippen LogP contribution in [0.3, 0.4) is 0 Å². The average Bonchev–Trinajstić information content (AvgIpc) is 3.38. The highest BCUT2D eigenvalue weighted by Gasteiger charge is 2.26. The van der Waals surface area contributed by atoms with Crippen molar-refractivity contribution in [2.45, 2.75) is 38.8 Å². The average molecular weight is 450 g/mol. The molecule has 3 aromatic heterocycles. The van der Waals surface area contributed by atoms with Crippen molar-refractivity contribution in [1.29, 1.82) is 5.26 Å². The van der Waals surface area contributed by atoms with Gasteiger partial charge in [-0.05, 0) is 73.7 Å². The molecular weight excluding hydrogens is 426 g/mol. The summed E-state index contributed by atoms with van der Waals surface area (Å²) in [4.78, 5) is 33.2. The summed E-state index contributed by atoms with van der Waals surface area (Å²) in [5.74, 6) is 0.972. The Hall–Kier alpha value is -4.38. The van der Waals surface area contributed by atoms with Gasteiger partial charge in [-0.3, -0.25) is 9.78 Å². The van der Waals surface area contributed by atoms with Crippen LogP contribution in [0, 0.1) is 11.3 Å². The fourth-order valence-electron chi connectivity index (χ4n) is 4.50. The van der Waals surface area contributed by atoms with Gasteiger partial charge in [0.25, 0.3) is 5.91 Å². The summed E-state index contributed by atoms with van der Waals surface area (Å²) >= 11 is 0. The topological polar surface area (TPSA) is 122 Å². The van der Waals surface area contributed by atoms with Crippen LogP contribution < -0.4 is 5.73 Å². The molecule has 3 heterocycles. The highest BCUT2D eigenvalue weighted by Crippen LogP contribution is 2.33. The van der Waals surface area contributed by atoms with E-state index in [0.29, 0.717) is 28.5 Å². The van der Waals surface area contributed by atoms with E-state index in [1.165, 1.54) is 11.8 Å². The number of nitriles is 1. The fraction of sp³-hybridized carbons (Fsp3) is 0.231. The molecule has 5 rings (SSSR count). The normalized spacial score (nSPS) is 13.3. The summed E-state index contributed by atoms with van der Waals surface area (Å²) in [6.07, 6.45) is 7.73. The van der Waals surface area contributed by atoms with E-state index in [-0.39, 0.29) is 12.5 Å². The minimum absolute atomic E-state index is 0.156. The number of nitrogen functional groups attached to an aromatic ring is 1. The number of hydrogen-bond donors (Lipinski definition) is 1. The van der Waals surface area contributed by atoms with Gasteiger partial charge in [-0.25, -0.2) is 15.0 Å². The third-order valence-electron chi connectivity index (χ3n) is 6.31. The lowest BCUT2D eigenvalue weighted by Gasteiger charge is -2.28. The van der Waals surface area contributed by atoms with Gasteiger partial charge in [0.1, 0.15) is 17.7 Å². The molecule has 34 heavy (non-hydrogen) atoms. The molecule has 0 saturated heterocycles. The third kappa shape index (κ3) is 3.92. The van der Waals surface area contributed by atoms with Gasteiger partial charge in [-0.1, -0.05) is 0 Å². The van der Waals surface area contributed by atoms with E-state index in [4.69, 9.17) is 11.0 Å². The zero-order valence-corrected chi connectivity index (χ0v) is 18.8. The molecule has 0 spiro atoms. The lowest BCUT2D eigenvalue weighted by Crippen LogP contribution is -2.34. The van der Waals surface area contributed by atoms with Crippen molar-refractivity contribution in [2.24, 2.45) is 0 Å². The van der Waals surface area contributed by atoms with Gasteiger partial charge in [-0.2, -0.15) is 5.26 Å². The van der Waals surface area contributed by atoms with E-state index in [9.17, 15) is 4.79 Å². The van der Waals surface area contributed by atoms with Crippen LogP contribution >= 0.6 is 0 Å². The van der Waals surface area contributed by atoms with E-state index in [1.54, 1.807) is 41.6 Å². The third-order valence-corrected chi connectivity index (χ3v) is 6.31. The Morgan fingerprint density at radius 1 is 1.15 bits per heavy atom. The first-order chi connectivity index (χ1) is 16.5. The Kier molecular flexibility index (Phi) is 5.60. The fourth-order valence-corrected chi connectivity index (χ4v) is 4.50. The van der Waals surface area contributed by atoms with E-state index >= 15 is 0 Å². The molecule has 8 heteroatoms. The van der Waals surface area contributed by atoms with Crippen LogP contribution in [0.5, 0.6) is 0 Å². The van der Waals surface area contributed by atoms with Crippen molar-refractivity contribution in [1.82, 2.24) is 24.8 Å². The number of carbonyl (C=O) groups excluding carboxylic acids is 1. The molecule has 1 amide bonds. The molecule has 1 aromatic carbocycles. The van der Waals surface area contributed by atoms with Crippen LogP contribution in [0.4, 0.5) is 5.82 Å². The predicted molar refractivity (Wildman–Crippen MR) is 127 cm³/mol. The number of nitrogens with zero attached hydrogens (tertiary/aromatic N) is 6. The molecule has 0 bridgehead atoms. The summed E-state index contributed by atoms with van der Waals surface area (Å²) in [6, 6.07) is 12.5. The summed E-state index contributed by atoms with van der Waals surface area (Å²) in [7, 11) is 0. The van der Waals surface area contributed by atoms with Gasteiger partial charge in [0.15, 0.2) is 0 Å². The maximum absolute atomic E-state index is 13.8. The SMILES string of the molecule is C[C@H](c1ncccn1)N(Cc1ccc(C#N)cn1)C(=O)c1ccc2nc(N)c3c(c2c1)CCC3. The van der Waals surface area contributed by atoms with Crippen LogP contribution in [-0.4, -0.2) is 30.7 Å². The van der Waals surface area contributed by atoms with Crippen LogP contribution in [0.15, 0.2) is 55.0 Å². The standard InChI is InChI=1S/C26H23N7O/c1-16(25-29-10-3-11-30-25)33(15-19-8-6-17(13-27)14-31-19)26(34)18-7-9-23-22(12-18)20-4-2-5-21(20)24(28)32-23/h3,6-12,14,16H,2,4-5,15H2,1H3,(H2,28,32)/t16-/m1/s1. The maximum Gasteiger partial charge on any atom is 0.254 e. The molecular formula is C26H23N7O. The van der Waals surface area contributed by atoms with E-state index in [2.05, 4.69) is 26.0 Å². The summed E-state index contributed by atoms with van der Waals surface area (Å²) in [5, 5.41) is 10.0. The van der Waals surface area contributed by atoms with Crippen LogP contribution in [0.1, 0.15) is 58.0 Å². The second-order valence-corrected chi connectivity index (χ2v) is 8.41. The Balaban J connectivity index is 1.55. The quantitative estimate of drug-likeness (QED) is 0.492. The highest BCUT2D eigenvalue weighted by atomic mass is 16.2. The number of rotatable bonds is 5. The number of aryl methyl sites for hydroxylation is 1. The van der Waals surface area contributed by atoms with Crippen molar-refractivity contribution in [3.63, 3.8) is 0 Å². The Morgan fingerprint density at radius 2 is 1.94 bits per heavy atom. The van der Waals surface area contributed by atoms with Crippen molar-refractivity contribution in [2.75, 3.05) is 5.73 Å². The van der Waals surface area contributed by atoms with Gasteiger partial charge < -0.3 is 10.6 Å². The van der Waals surface area contributed by atoms with Gasteiger partial charge in [-0.15, -0.1) is 0 Å². The smallest absolute Gasteiger partial charge is 0.254 e. The number of aromatic nitrogens is 4. The van der Waals surface area contributed by atoms with Crippen molar-refractivity contribution >= 4 is 22.6 Å². The maximum atomic E-state index is 13.8. The van der Waals surface area contributed by atoms with Crippen molar-refractivity contribution in [3.8, 4) is 6.07 Å². The van der Waals surface area contributed by atoms with E-state index < -0.39 is 6.04 Å². The summed E-state index contributed by atoms with van der Waals surface area (Å²) < 4.78 is 0. The highest BCUT2D eigenvalue weighted by molar-refractivity contribution is 5.99. The Morgan fingerprint density at radius 3 is 2.68 bits per heavy atom.